The number of amides is 1. The summed E-state index contributed by atoms with van der Waals surface area (Å²) in [5, 5.41) is 2.87. The standard InChI is InChI=1S/C32H32N4O6S/c1-40-29-8-7-22(18-27(29)28-3-2-4-31(35-28)36-11-13-41-14-12-36)23-9-10-33-26(17-23)20-34-32(37)24-5-6-25-21-42-15-16-43(38,39)30(25)19-24/h2-10,17-19H,11-16,20-21H2,1H3,(H,34,37). The van der Waals surface area contributed by atoms with Crippen molar-refractivity contribution < 1.29 is 27.4 Å². The Morgan fingerprint density at radius 3 is 2.65 bits per heavy atom. The molecule has 11 heteroatoms. The van der Waals surface area contributed by atoms with E-state index in [1.54, 1.807) is 25.4 Å². The van der Waals surface area contributed by atoms with Gasteiger partial charge in [0.2, 0.25) is 0 Å². The van der Waals surface area contributed by atoms with Gasteiger partial charge < -0.3 is 24.4 Å². The number of aromatic nitrogens is 2. The fourth-order valence-corrected chi connectivity index (χ4v) is 6.61. The Labute approximate surface area is 250 Å². The molecule has 1 saturated heterocycles. The van der Waals surface area contributed by atoms with Crippen LogP contribution in [-0.4, -0.2) is 70.1 Å². The van der Waals surface area contributed by atoms with Crippen molar-refractivity contribution in [1.82, 2.24) is 15.3 Å². The van der Waals surface area contributed by atoms with Crippen molar-refractivity contribution in [2.75, 3.05) is 50.7 Å². The Kier molecular flexibility index (Phi) is 8.37. The monoisotopic (exact) mass is 600 g/mol. The first-order chi connectivity index (χ1) is 20.9. The molecule has 2 aromatic carbocycles. The molecule has 2 aromatic heterocycles. The largest absolute Gasteiger partial charge is 0.496 e. The van der Waals surface area contributed by atoms with Gasteiger partial charge in [-0.05, 0) is 65.2 Å². The van der Waals surface area contributed by atoms with Gasteiger partial charge in [-0.3, -0.25) is 9.78 Å². The van der Waals surface area contributed by atoms with Gasteiger partial charge in [0.25, 0.3) is 5.91 Å². The SMILES string of the molecule is COc1ccc(-c2ccnc(CNC(=O)c3ccc4c(c3)S(=O)(=O)CCOC4)c2)cc1-c1cccc(N2CCOCC2)n1. The summed E-state index contributed by atoms with van der Waals surface area (Å²) in [7, 11) is -1.87. The highest BCUT2D eigenvalue weighted by atomic mass is 32.2. The molecule has 0 aliphatic carbocycles. The molecule has 1 amide bonds. The lowest BCUT2D eigenvalue weighted by Crippen LogP contribution is -2.36. The number of nitrogens with one attached hydrogen (secondary N) is 1. The Balaban J connectivity index is 1.21. The van der Waals surface area contributed by atoms with Crippen LogP contribution >= 0.6 is 0 Å². The van der Waals surface area contributed by atoms with Crippen LogP contribution in [0.15, 0.2) is 77.8 Å². The lowest BCUT2D eigenvalue weighted by atomic mass is 10.0. The van der Waals surface area contributed by atoms with Crippen molar-refractivity contribution in [3.05, 3.63) is 89.7 Å². The molecule has 0 atom stereocenters. The van der Waals surface area contributed by atoms with Crippen LogP contribution in [0, 0.1) is 0 Å². The zero-order chi connectivity index (χ0) is 29.8. The minimum absolute atomic E-state index is 0.107. The second-order valence-corrected chi connectivity index (χ2v) is 12.4. The number of anilines is 1. The van der Waals surface area contributed by atoms with Crippen molar-refractivity contribution in [1.29, 1.82) is 0 Å². The Bertz CT molecular complexity index is 1750. The highest BCUT2D eigenvalue weighted by Gasteiger charge is 2.24. The van der Waals surface area contributed by atoms with Crippen molar-refractivity contribution >= 4 is 21.6 Å². The fourth-order valence-electron chi connectivity index (χ4n) is 5.22. The molecule has 4 aromatic rings. The number of carbonyl (C=O) groups is 1. The highest BCUT2D eigenvalue weighted by Crippen LogP contribution is 2.34. The van der Waals surface area contributed by atoms with Crippen LogP contribution in [-0.2, 0) is 32.5 Å². The molecule has 0 unspecified atom stereocenters. The molecule has 6 rings (SSSR count). The first kappa shape index (κ1) is 28.8. The second-order valence-electron chi connectivity index (χ2n) is 10.3. The number of benzene rings is 2. The van der Waals surface area contributed by atoms with Crippen molar-refractivity contribution in [2.24, 2.45) is 0 Å². The van der Waals surface area contributed by atoms with Crippen LogP contribution in [0.1, 0.15) is 21.6 Å². The molecule has 4 heterocycles. The molecular weight excluding hydrogens is 568 g/mol. The number of hydrogen-bond donors (Lipinski definition) is 1. The van der Waals surface area contributed by atoms with E-state index < -0.39 is 9.84 Å². The Morgan fingerprint density at radius 1 is 0.977 bits per heavy atom. The van der Waals surface area contributed by atoms with Gasteiger partial charge in [0.15, 0.2) is 9.84 Å². The third-order valence-corrected chi connectivity index (χ3v) is 9.30. The first-order valence-electron chi connectivity index (χ1n) is 14.1. The molecule has 2 aliphatic rings. The molecule has 1 fully saturated rings. The molecular formula is C32H32N4O6S. The van der Waals surface area contributed by atoms with Crippen LogP contribution in [0.5, 0.6) is 5.75 Å². The van der Waals surface area contributed by atoms with Gasteiger partial charge in [0, 0.05) is 30.4 Å². The fraction of sp³-hybridized carbons (Fsp3) is 0.281. The van der Waals surface area contributed by atoms with E-state index in [2.05, 4.69) is 15.2 Å². The normalized spacial score (nSPS) is 16.2. The summed E-state index contributed by atoms with van der Waals surface area (Å²) in [6.45, 7) is 3.46. The predicted octanol–water partition coefficient (Wildman–Crippen LogP) is 3.89. The molecule has 0 spiro atoms. The van der Waals surface area contributed by atoms with E-state index in [-0.39, 0.29) is 41.9 Å². The third-order valence-electron chi connectivity index (χ3n) is 7.54. The van der Waals surface area contributed by atoms with Crippen molar-refractivity contribution in [2.45, 2.75) is 18.0 Å². The molecule has 0 saturated carbocycles. The summed E-state index contributed by atoms with van der Waals surface area (Å²) < 4.78 is 41.8. The number of methoxy groups -OCH3 is 1. The minimum atomic E-state index is -3.51. The molecule has 10 nitrogen and oxygen atoms in total. The highest BCUT2D eigenvalue weighted by molar-refractivity contribution is 7.91. The lowest BCUT2D eigenvalue weighted by molar-refractivity contribution is 0.0950. The van der Waals surface area contributed by atoms with Crippen LogP contribution in [0.4, 0.5) is 5.82 Å². The number of sulfone groups is 1. The molecule has 43 heavy (non-hydrogen) atoms. The van der Waals surface area contributed by atoms with Gasteiger partial charge in [0.05, 0.1) is 62.1 Å². The van der Waals surface area contributed by atoms with Crippen molar-refractivity contribution in [3.63, 3.8) is 0 Å². The van der Waals surface area contributed by atoms with E-state index in [0.717, 1.165) is 41.3 Å². The number of hydrogen-bond acceptors (Lipinski definition) is 9. The second kappa shape index (κ2) is 12.5. The zero-order valence-electron chi connectivity index (χ0n) is 23.8. The van der Waals surface area contributed by atoms with E-state index in [0.29, 0.717) is 30.2 Å². The summed E-state index contributed by atoms with van der Waals surface area (Å²) in [4.78, 5) is 24.7. The van der Waals surface area contributed by atoms with Gasteiger partial charge in [0.1, 0.15) is 11.6 Å². The molecule has 222 valence electrons. The summed E-state index contributed by atoms with van der Waals surface area (Å²) in [6.07, 6.45) is 1.70. The van der Waals surface area contributed by atoms with Gasteiger partial charge in [-0.15, -0.1) is 0 Å². The van der Waals surface area contributed by atoms with Gasteiger partial charge in [-0.2, -0.15) is 0 Å². The van der Waals surface area contributed by atoms with Crippen LogP contribution < -0.4 is 15.0 Å². The average molecular weight is 601 g/mol. The third kappa shape index (κ3) is 6.38. The van der Waals surface area contributed by atoms with Gasteiger partial charge >= 0.3 is 0 Å². The van der Waals surface area contributed by atoms with Gasteiger partial charge in [-0.25, -0.2) is 13.4 Å². The summed E-state index contributed by atoms with van der Waals surface area (Å²) >= 11 is 0. The number of carbonyl (C=O) groups excluding carboxylic acids is 1. The maximum atomic E-state index is 13.0. The lowest BCUT2D eigenvalue weighted by Gasteiger charge is -2.28. The summed E-state index contributed by atoms with van der Waals surface area (Å²) in [5.74, 6) is 1.12. The minimum Gasteiger partial charge on any atom is -0.496 e. The number of ether oxygens (including phenoxy) is 3. The topological polar surface area (TPSA) is 120 Å². The number of rotatable bonds is 7. The predicted molar refractivity (Wildman–Crippen MR) is 162 cm³/mol. The first-order valence-corrected chi connectivity index (χ1v) is 15.7. The number of nitrogens with zero attached hydrogens (tertiary/aromatic N) is 3. The average Bonchev–Trinajstić information content (AvgIpc) is 3.21. The summed E-state index contributed by atoms with van der Waals surface area (Å²) in [5.41, 5.74) is 5.03. The van der Waals surface area contributed by atoms with Crippen LogP contribution in [0.3, 0.4) is 0 Å². The maximum Gasteiger partial charge on any atom is 0.251 e. The Morgan fingerprint density at radius 2 is 1.81 bits per heavy atom. The number of morpholine rings is 1. The quantitative estimate of drug-likeness (QED) is 0.337. The smallest absolute Gasteiger partial charge is 0.251 e. The van der Waals surface area contributed by atoms with Crippen molar-refractivity contribution in [3.8, 4) is 28.1 Å². The van der Waals surface area contributed by atoms with E-state index in [1.165, 1.54) is 6.07 Å². The maximum absolute atomic E-state index is 13.0. The van der Waals surface area contributed by atoms with E-state index in [4.69, 9.17) is 19.2 Å². The number of fused-ring (bicyclic) bond motifs is 1. The van der Waals surface area contributed by atoms with Gasteiger partial charge in [-0.1, -0.05) is 18.2 Å². The van der Waals surface area contributed by atoms with E-state index in [9.17, 15) is 13.2 Å². The number of pyridine rings is 2. The summed E-state index contributed by atoms with van der Waals surface area (Å²) in [6, 6.07) is 20.4. The van der Waals surface area contributed by atoms with Crippen LogP contribution in [0.25, 0.3) is 22.4 Å². The molecule has 2 aliphatic heterocycles. The molecule has 1 N–H and O–H groups in total. The van der Waals surface area contributed by atoms with E-state index in [1.807, 2.05) is 48.5 Å². The Hall–Kier alpha value is -4.32. The van der Waals surface area contributed by atoms with Crippen LogP contribution in [0.2, 0.25) is 0 Å². The van der Waals surface area contributed by atoms with E-state index >= 15 is 0 Å². The molecule has 0 bridgehead atoms. The zero-order valence-corrected chi connectivity index (χ0v) is 24.6. The molecule has 0 radical (unpaired) electrons.